The Kier molecular flexibility index (Phi) is 3.42. The van der Waals surface area contributed by atoms with Crippen LogP contribution in [-0.2, 0) is 4.79 Å². The number of aldehydes is 1. The number of nitrogens with zero attached hydrogens (tertiary/aromatic N) is 1. The van der Waals surface area contributed by atoms with Crippen molar-refractivity contribution in [3.63, 3.8) is 0 Å². The fraction of sp³-hybridized carbons (Fsp3) is 0. The summed E-state index contributed by atoms with van der Waals surface area (Å²) in [6.45, 7) is 0. The number of carbonyl (C=O) groups excluding carboxylic acids is 2. The van der Waals surface area contributed by atoms with Gasteiger partial charge in [-0.25, -0.2) is 4.39 Å². The van der Waals surface area contributed by atoms with Crippen LogP contribution in [0.3, 0.4) is 0 Å². The first-order chi connectivity index (χ1) is 10.5. The van der Waals surface area contributed by atoms with E-state index in [0.29, 0.717) is 10.8 Å². The smallest absolute Gasteiger partial charge is 0.242 e. The first-order valence-corrected chi connectivity index (χ1v) is 6.75. The Bertz CT molecular complexity index is 918. The molecule has 0 bridgehead atoms. The molecule has 0 unspecified atom stereocenters. The monoisotopic (exact) mass is 316 g/mol. The summed E-state index contributed by atoms with van der Waals surface area (Å²) in [6, 6.07) is 9.39. The molecule has 1 heterocycles. The van der Waals surface area contributed by atoms with Crippen molar-refractivity contribution in [2.24, 2.45) is 0 Å². The molecule has 0 aliphatic carbocycles. The topological polar surface area (TPSA) is 65.1 Å². The zero-order valence-electron chi connectivity index (χ0n) is 11.2. The van der Waals surface area contributed by atoms with Crippen LogP contribution in [0.5, 0.6) is 0 Å². The van der Waals surface area contributed by atoms with Crippen molar-refractivity contribution >= 4 is 40.1 Å². The van der Waals surface area contributed by atoms with Crippen LogP contribution in [0.15, 0.2) is 42.6 Å². The maximum atomic E-state index is 14.2. The SMILES string of the molecule is Nc1cc(-n2cc3ccccc3c2C(=O)C=O)c(F)cc1Cl. The predicted octanol–water partition coefficient (Wildman–Crippen LogP) is 3.39. The van der Waals surface area contributed by atoms with Crippen LogP contribution in [0.1, 0.15) is 10.5 Å². The van der Waals surface area contributed by atoms with Gasteiger partial charge in [0.05, 0.1) is 16.4 Å². The van der Waals surface area contributed by atoms with Crippen molar-refractivity contribution < 1.29 is 14.0 Å². The number of rotatable bonds is 3. The van der Waals surface area contributed by atoms with Crippen molar-refractivity contribution in [2.75, 3.05) is 5.73 Å². The van der Waals surface area contributed by atoms with Gasteiger partial charge in [0.1, 0.15) is 11.5 Å². The molecular weight excluding hydrogens is 307 g/mol. The zero-order valence-corrected chi connectivity index (χ0v) is 12.0. The predicted molar refractivity (Wildman–Crippen MR) is 83.0 cm³/mol. The van der Waals surface area contributed by atoms with Crippen molar-refractivity contribution in [2.45, 2.75) is 0 Å². The minimum absolute atomic E-state index is 0.0586. The van der Waals surface area contributed by atoms with E-state index in [0.717, 1.165) is 6.07 Å². The van der Waals surface area contributed by atoms with E-state index in [-0.39, 0.29) is 28.4 Å². The van der Waals surface area contributed by atoms with Crippen molar-refractivity contribution in [3.05, 3.63) is 59.1 Å². The minimum Gasteiger partial charge on any atom is -0.397 e. The number of nitrogens with two attached hydrogens (primary N) is 1. The normalized spacial score (nSPS) is 10.8. The molecule has 2 N–H and O–H groups in total. The fourth-order valence-electron chi connectivity index (χ4n) is 2.39. The molecule has 2 aromatic carbocycles. The number of ketones is 1. The highest BCUT2D eigenvalue weighted by atomic mass is 35.5. The summed E-state index contributed by atoms with van der Waals surface area (Å²) in [6.07, 6.45) is 1.78. The third-order valence-corrected chi connectivity index (χ3v) is 3.72. The maximum Gasteiger partial charge on any atom is 0.242 e. The van der Waals surface area contributed by atoms with Crippen LogP contribution < -0.4 is 5.73 Å². The summed E-state index contributed by atoms with van der Waals surface area (Å²) >= 11 is 5.78. The second-order valence-electron chi connectivity index (χ2n) is 4.74. The molecule has 0 aliphatic heterocycles. The van der Waals surface area contributed by atoms with Gasteiger partial charge in [0, 0.05) is 17.0 Å². The molecule has 110 valence electrons. The average Bonchev–Trinajstić information content (AvgIpc) is 2.89. The molecule has 0 amide bonds. The van der Waals surface area contributed by atoms with Crippen LogP contribution in [0.2, 0.25) is 5.02 Å². The Morgan fingerprint density at radius 2 is 2.00 bits per heavy atom. The van der Waals surface area contributed by atoms with Gasteiger partial charge in [0.2, 0.25) is 5.78 Å². The lowest BCUT2D eigenvalue weighted by Crippen LogP contribution is -2.10. The molecule has 22 heavy (non-hydrogen) atoms. The zero-order chi connectivity index (χ0) is 15.9. The Hall–Kier alpha value is -2.66. The van der Waals surface area contributed by atoms with E-state index in [1.54, 1.807) is 30.5 Å². The van der Waals surface area contributed by atoms with E-state index < -0.39 is 11.6 Å². The molecule has 0 atom stereocenters. The van der Waals surface area contributed by atoms with Crippen molar-refractivity contribution in [1.82, 2.24) is 4.57 Å². The molecule has 0 saturated carbocycles. The number of hydrogen-bond acceptors (Lipinski definition) is 3. The first-order valence-electron chi connectivity index (χ1n) is 6.37. The van der Waals surface area contributed by atoms with E-state index in [4.69, 9.17) is 17.3 Å². The summed E-state index contributed by atoms with van der Waals surface area (Å²) in [5, 5.41) is 1.36. The molecule has 3 rings (SSSR count). The van der Waals surface area contributed by atoms with Gasteiger partial charge in [0.25, 0.3) is 0 Å². The van der Waals surface area contributed by atoms with Gasteiger partial charge >= 0.3 is 0 Å². The number of Topliss-reactive ketones (excluding diaryl/α,β-unsaturated/α-hetero) is 1. The van der Waals surface area contributed by atoms with Crippen LogP contribution >= 0.6 is 11.6 Å². The summed E-state index contributed by atoms with van der Waals surface area (Å²) in [5.74, 6) is -1.38. The van der Waals surface area contributed by atoms with E-state index in [1.165, 1.54) is 10.6 Å². The van der Waals surface area contributed by atoms with Crippen molar-refractivity contribution in [3.8, 4) is 5.69 Å². The minimum atomic E-state index is -0.742. The summed E-state index contributed by atoms with van der Waals surface area (Å²) in [5.41, 5.74) is 6.04. The molecule has 0 fully saturated rings. The number of hydrogen-bond donors (Lipinski definition) is 1. The van der Waals surface area contributed by atoms with Gasteiger partial charge in [-0.15, -0.1) is 0 Å². The van der Waals surface area contributed by atoms with Gasteiger partial charge < -0.3 is 10.3 Å². The Morgan fingerprint density at radius 3 is 2.73 bits per heavy atom. The largest absolute Gasteiger partial charge is 0.397 e. The number of carbonyl (C=O) groups is 2. The highest BCUT2D eigenvalue weighted by Gasteiger charge is 2.19. The second-order valence-corrected chi connectivity index (χ2v) is 5.15. The molecule has 0 saturated heterocycles. The first kappa shape index (κ1) is 14.3. The third kappa shape index (κ3) is 2.16. The number of nitrogen functional groups attached to an aromatic ring is 1. The maximum absolute atomic E-state index is 14.2. The molecule has 0 radical (unpaired) electrons. The number of benzene rings is 2. The van der Waals surface area contributed by atoms with Gasteiger partial charge in [-0.2, -0.15) is 0 Å². The van der Waals surface area contributed by atoms with Gasteiger partial charge in [-0.05, 0) is 12.1 Å². The van der Waals surface area contributed by atoms with Crippen LogP contribution in [0.25, 0.3) is 16.5 Å². The lowest BCUT2D eigenvalue weighted by molar-refractivity contribution is -0.104. The van der Waals surface area contributed by atoms with E-state index >= 15 is 0 Å². The van der Waals surface area contributed by atoms with E-state index in [1.807, 2.05) is 0 Å². The molecular formula is C16H10ClFN2O2. The van der Waals surface area contributed by atoms with Crippen molar-refractivity contribution in [1.29, 1.82) is 0 Å². The lowest BCUT2D eigenvalue weighted by Gasteiger charge is -2.10. The van der Waals surface area contributed by atoms with E-state index in [2.05, 4.69) is 0 Å². The molecule has 3 aromatic rings. The molecule has 6 heteroatoms. The van der Waals surface area contributed by atoms with Gasteiger partial charge in [-0.3, -0.25) is 9.59 Å². The fourth-order valence-corrected chi connectivity index (χ4v) is 2.54. The van der Waals surface area contributed by atoms with Gasteiger partial charge in [0.15, 0.2) is 6.29 Å². The standard InChI is InChI=1S/C16H10ClFN2O2/c17-11-5-12(18)14(6-13(11)19)20-7-9-3-1-2-4-10(9)16(20)15(22)8-21/h1-8H,19H2. The highest BCUT2D eigenvalue weighted by Crippen LogP contribution is 2.30. The third-order valence-electron chi connectivity index (χ3n) is 3.39. The number of fused-ring (bicyclic) bond motifs is 1. The highest BCUT2D eigenvalue weighted by molar-refractivity contribution is 6.36. The molecule has 1 aromatic heterocycles. The molecule has 0 spiro atoms. The average molecular weight is 317 g/mol. The number of aromatic nitrogens is 1. The van der Waals surface area contributed by atoms with Crippen LogP contribution in [-0.4, -0.2) is 16.6 Å². The Morgan fingerprint density at radius 1 is 1.27 bits per heavy atom. The summed E-state index contributed by atoms with van der Waals surface area (Å²) in [7, 11) is 0. The van der Waals surface area contributed by atoms with Gasteiger partial charge in [-0.1, -0.05) is 35.9 Å². The summed E-state index contributed by atoms with van der Waals surface area (Å²) in [4.78, 5) is 22.9. The summed E-state index contributed by atoms with van der Waals surface area (Å²) < 4.78 is 15.6. The lowest BCUT2D eigenvalue weighted by atomic mass is 10.1. The quantitative estimate of drug-likeness (QED) is 0.348. The van der Waals surface area contributed by atoms with Crippen LogP contribution in [0, 0.1) is 5.82 Å². The Labute approximate surface area is 129 Å². The molecule has 4 nitrogen and oxygen atoms in total. The van der Waals surface area contributed by atoms with E-state index in [9.17, 15) is 14.0 Å². The number of halogens is 2. The Balaban J connectivity index is 2.38. The second kappa shape index (κ2) is 5.27. The molecule has 0 aliphatic rings. The number of anilines is 1. The van der Waals surface area contributed by atoms with Crippen LogP contribution in [0.4, 0.5) is 10.1 Å².